The minimum atomic E-state index is -4.27. The Bertz CT molecular complexity index is 851. The second-order valence-corrected chi connectivity index (χ2v) is 16.1. The highest BCUT2D eigenvalue weighted by Gasteiger charge is 2.25. The van der Waals surface area contributed by atoms with Gasteiger partial charge in [-0.25, -0.2) is 4.57 Å². The molecule has 52 heavy (non-hydrogen) atoms. The third-order valence-electron chi connectivity index (χ3n) is 8.57. The fourth-order valence-electron chi connectivity index (χ4n) is 5.62. The molecule has 9 nitrogen and oxygen atoms in total. The number of ether oxygens (including phenoxy) is 2. The van der Waals surface area contributed by atoms with E-state index in [0.29, 0.717) is 12.8 Å². The van der Waals surface area contributed by atoms with E-state index in [1.807, 2.05) is 26.0 Å². The van der Waals surface area contributed by atoms with E-state index in [4.69, 9.17) is 18.5 Å². The summed E-state index contributed by atoms with van der Waals surface area (Å²) in [4.78, 5) is 36.6. The van der Waals surface area contributed by atoms with Crippen molar-refractivity contribution >= 4 is 19.8 Å². The van der Waals surface area contributed by atoms with Crippen molar-refractivity contribution in [1.29, 1.82) is 0 Å². The van der Waals surface area contributed by atoms with Crippen LogP contribution in [0.15, 0.2) is 12.2 Å². The molecule has 0 bridgehead atoms. The summed E-state index contributed by atoms with van der Waals surface area (Å²) in [7, 11) is 1.73. The van der Waals surface area contributed by atoms with E-state index in [2.05, 4.69) is 26.0 Å². The SMILES string of the molecule is CCCCCCCC/C=C\CCCCCCCC(=O)O[C@H](COC(=O)CCCCCCCCCCCCCCC)COP(=O)(O)OCC.CN(C)C. The number of phosphoric ester groups is 1. The van der Waals surface area contributed by atoms with Gasteiger partial charge in [-0.3, -0.25) is 18.6 Å². The van der Waals surface area contributed by atoms with E-state index in [-0.39, 0.29) is 25.6 Å². The molecule has 10 heteroatoms. The van der Waals surface area contributed by atoms with Crippen LogP contribution in [-0.2, 0) is 32.7 Å². The number of carbonyl (C=O) groups is 2. The van der Waals surface area contributed by atoms with Crippen molar-refractivity contribution in [1.82, 2.24) is 4.90 Å². The molecule has 0 radical (unpaired) electrons. The molecule has 2 atom stereocenters. The normalized spacial score (nSPS) is 13.2. The zero-order chi connectivity index (χ0) is 39.0. The summed E-state index contributed by atoms with van der Waals surface area (Å²) in [6.45, 7) is 5.47. The van der Waals surface area contributed by atoms with E-state index < -0.39 is 26.5 Å². The molecule has 0 amide bonds. The van der Waals surface area contributed by atoms with Crippen molar-refractivity contribution < 1.29 is 37.6 Å². The van der Waals surface area contributed by atoms with Gasteiger partial charge in [-0.2, -0.15) is 0 Å². The van der Waals surface area contributed by atoms with Crippen LogP contribution in [-0.4, -0.2) is 68.8 Å². The van der Waals surface area contributed by atoms with Crippen molar-refractivity contribution in [3.8, 4) is 0 Å². The van der Waals surface area contributed by atoms with Crippen LogP contribution in [0.1, 0.15) is 201 Å². The first-order valence-electron chi connectivity index (χ1n) is 21.3. The van der Waals surface area contributed by atoms with Gasteiger partial charge < -0.3 is 19.3 Å². The molecule has 0 spiro atoms. The number of nitrogens with zero attached hydrogens (tertiary/aromatic N) is 1. The van der Waals surface area contributed by atoms with Gasteiger partial charge in [0.1, 0.15) is 6.61 Å². The van der Waals surface area contributed by atoms with Crippen molar-refractivity contribution in [2.75, 3.05) is 41.0 Å². The number of esters is 2. The molecule has 0 aromatic rings. The fraction of sp³-hybridized carbons (Fsp3) is 0.905. The van der Waals surface area contributed by atoms with Crippen LogP contribution in [0.4, 0.5) is 0 Å². The highest BCUT2D eigenvalue weighted by Crippen LogP contribution is 2.43. The number of allylic oxidation sites excluding steroid dienone is 2. The zero-order valence-electron chi connectivity index (χ0n) is 34.9. The van der Waals surface area contributed by atoms with E-state index in [9.17, 15) is 19.0 Å². The van der Waals surface area contributed by atoms with Gasteiger partial charge in [-0.1, -0.05) is 154 Å². The quantitative estimate of drug-likeness (QED) is 0.0286. The molecule has 0 aromatic carbocycles. The van der Waals surface area contributed by atoms with Gasteiger partial charge >= 0.3 is 19.8 Å². The topological polar surface area (TPSA) is 112 Å². The number of phosphoric acid groups is 1. The Morgan fingerprint density at radius 2 is 0.923 bits per heavy atom. The first kappa shape index (κ1) is 52.9. The van der Waals surface area contributed by atoms with Gasteiger partial charge in [-0.05, 0) is 66.6 Å². The highest BCUT2D eigenvalue weighted by molar-refractivity contribution is 7.47. The van der Waals surface area contributed by atoms with Crippen LogP contribution in [0.3, 0.4) is 0 Å². The molecule has 0 fully saturated rings. The van der Waals surface area contributed by atoms with Gasteiger partial charge in [0.05, 0.1) is 13.2 Å². The largest absolute Gasteiger partial charge is 0.472 e. The Balaban J connectivity index is 0. The number of rotatable bonds is 37. The Morgan fingerprint density at radius 1 is 0.558 bits per heavy atom. The number of hydrogen-bond acceptors (Lipinski definition) is 8. The molecule has 0 aliphatic rings. The summed E-state index contributed by atoms with van der Waals surface area (Å²) in [5.74, 6) is -0.800. The average Bonchev–Trinajstić information content (AvgIpc) is 3.09. The molecule has 0 aliphatic heterocycles. The lowest BCUT2D eigenvalue weighted by atomic mass is 10.0. The van der Waals surface area contributed by atoms with E-state index in [0.717, 1.165) is 51.4 Å². The second-order valence-electron chi connectivity index (χ2n) is 14.6. The lowest BCUT2D eigenvalue weighted by molar-refractivity contribution is -0.161. The molecule has 0 aliphatic carbocycles. The molecule has 0 saturated heterocycles. The summed E-state index contributed by atoms with van der Waals surface area (Å²) in [5, 5.41) is 0. The van der Waals surface area contributed by atoms with Crippen LogP contribution < -0.4 is 0 Å². The van der Waals surface area contributed by atoms with Crippen molar-refractivity contribution in [2.24, 2.45) is 0 Å². The summed E-state index contributed by atoms with van der Waals surface area (Å²) >= 11 is 0. The molecular formula is C42H84NO8P. The number of hydrogen-bond donors (Lipinski definition) is 1. The zero-order valence-corrected chi connectivity index (χ0v) is 35.7. The van der Waals surface area contributed by atoms with Crippen LogP contribution in [0.5, 0.6) is 0 Å². The smallest absolute Gasteiger partial charge is 0.462 e. The fourth-order valence-corrected chi connectivity index (χ4v) is 6.38. The van der Waals surface area contributed by atoms with Crippen LogP contribution >= 0.6 is 7.82 Å². The van der Waals surface area contributed by atoms with Crippen molar-refractivity contribution in [3.63, 3.8) is 0 Å². The lowest BCUT2D eigenvalue weighted by Crippen LogP contribution is -2.29. The Kier molecular flexibility index (Phi) is 41.6. The molecule has 0 aromatic heterocycles. The second kappa shape index (κ2) is 40.9. The van der Waals surface area contributed by atoms with E-state index in [1.54, 1.807) is 6.92 Å². The minimum absolute atomic E-state index is 0.00181. The van der Waals surface area contributed by atoms with Crippen molar-refractivity contribution in [3.05, 3.63) is 12.2 Å². The van der Waals surface area contributed by atoms with Gasteiger partial charge in [-0.15, -0.1) is 0 Å². The standard InChI is InChI=1S/C39H75O8P.C3H9N/c1-4-7-9-11-13-15-17-19-20-22-24-26-28-30-32-34-39(41)47-37(36-46-48(42,43)45-6-3)35-44-38(40)33-31-29-27-25-23-21-18-16-14-12-10-8-5-2;1-4(2)3/h19-20,37H,4-18,21-36H2,1-3H3,(H,42,43);1-3H3/b20-19-;/t37-;/m1./s1. The minimum Gasteiger partial charge on any atom is -0.462 e. The van der Waals surface area contributed by atoms with Gasteiger partial charge in [0.25, 0.3) is 0 Å². The monoisotopic (exact) mass is 762 g/mol. The van der Waals surface area contributed by atoms with Crippen molar-refractivity contribution in [2.45, 2.75) is 207 Å². The van der Waals surface area contributed by atoms with Crippen LogP contribution in [0.2, 0.25) is 0 Å². The summed E-state index contributed by atoms with van der Waals surface area (Å²) in [6.07, 6.45) is 35.4. The first-order chi connectivity index (χ1) is 25.1. The van der Waals surface area contributed by atoms with E-state index in [1.165, 1.54) is 109 Å². The maximum absolute atomic E-state index is 12.5. The predicted octanol–water partition coefficient (Wildman–Crippen LogP) is 12.3. The van der Waals surface area contributed by atoms with Crippen LogP contribution in [0, 0.1) is 0 Å². The lowest BCUT2D eigenvalue weighted by Gasteiger charge is -2.19. The summed E-state index contributed by atoms with van der Waals surface area (Å²) in [6, 6.07) is 0. The Hall–Kier alpha value is -1.25. The summed E-state index contributed by atoms with van der Waals surface area (Å²) < 4.78 is 32.5. The van der Waals surface area contributed by atoms with Gasteiger partial charge in [0.15, 0.2) is 6.10 Å². The third kappa shape index (κ3) is 44.9. The van der Waals surface area contributed by atoms with Gasteiger partial charge in [0, 0.05) is 12.8 Å². The number of unbranched alkanes of at least 4 members (excludes halogenated alkanes) is 23. The summed E-state index contributed by atoms with van der Waals surface area (Å²) in [5.41, 5.74) is 0. The highest BCUT2D eigenvalue weighted by atomic mass is 31.2. The maximum atomic E-state index is 12.5. The number of carbonyl (C=O) groups excluding carboxylic acids is 2. The first-order valence-corrected chi connectivity index (χ1v) is 22.8. The van der Waals surface area contributed by atoms with Gasteiger partial charge in [0.2, 0.25) is 0 Å². The van der Waals surface area contributed by atoms with Crippen LogP contribution in [0.25, 0.3) is 0 Å². The Morgan fingerprint density at radius 3 is 1.33 bits per heavy atom. The average molecular weight is 762 g/mol. The predicted molar refractivity (Wildman–Crippen MR) is 218 cm³/mol. The Labute approximate surface area is 321 Å². The molecule has 0 rings (SSSR count). The molecule has 310 valence electrons. The van der Waals surface area contributed by atoms with E-state index >= 15 is 0 Å². The molecule has 0 saturated carbocycles. The molecule has 1 unspecified atom stereocenters. The molecular weight excluding hydrogens is 677 g/mol. The third-order valence-corrected chi connectivity index (χ3v) is 9.63. The molecule has 0 heterocycles. The molecule has 1 N–H and O–H groups in total. The maximum Gasteiger partial charge on any atom is 0.472 e.